The van der Waals surface area contributed by atoms with Crippen LogP contribution in [0, 0.1) is 11.8 Å². The van der Waals surface area contributed by atoms with Crippen LogP contribution >= 0.6 is 0 Å². The number of piperidine rings is 1. The highest BCUT2D eigenvalue weighted by atomic mass is 16.5. The number of nitrogens with one attached hydrogen (secondary N) is 2. The number of hydrogen-bond donors (Lipinski definition) is 2. The Kier molecular flexibility index (Phi) is 6.21. The number of urea groups is 1. The molecule has 0 saturated carbocycles. The highest BCUT2D eigenvalue weighted by Crippen LogP contribution is 2.35. The number of hydrogen-bond acceptors (Lipinski definition) is 4. The number of anilines is 1. The molecule has 170 valence electrons. The van der Waals surface area contributed by atoms with Crippen LogP contribution in [-0.2, 0) is 11.3 Å². The number of amides is 3. The lowest BCUT2D eigenvalue weighted by Crippen LogP contribution is -2.56. The van der Waals surface area contributed by atoms with E-state index in [2.05, 4.69) is 10.6 Å². The lowest BCUT2D eigenvalue weighted by atomic mass is 9.83. The number of likely N-dealkylation sites (tertiary alicyclic amines) is 1. The van der Waals surface area contributed by atoms with Gasteiger partial charge in [-0.1, -0.05) is 26.0 Å². The minimum atomic E-state index is -0.676. The van der Waals surface area contributed by atoms with Crippen LogP contribution in [0.5, 0.6) is 5.75 Å². The Morgan fingerprint density at radius 3 is 2.62 bits per heavy atom. The molecule has 3 amide bonds. The number of rotatable bonds is 5. The summed E-state index contributed by atoms with van der Waals surface area (Å²) in [5.74, 6) is 0.650. The van der Waals surface area contributed by atoms with E-state index in [-0.39, 0.29) is 35.3 Å². The monoisotopic (exact) mass is 438 g/mol. The highest BCUT2D eigenvalue weighted by molar-refractivity contribution is 5.97. The highest BCUT2D eigenvalue weighted by Gasteiger charge is 2.37. The van der Waals surface area contributed by atoms with E-state index in [1.54, 1.807) is 48.4 Å². The average molecular weight is 439 g/mol. The Morgan fingerprint density at radius 1 is 1.09 bits per heavy atom. The van der Waals surface area contributed by atoms with E-state index in [0.29, 0.717) is 31.1 Å². The molecule has 4 rings (SSSR count). The molecule has 2 aromatic rings. The Morgan fingerprint density at radius 2 is 1.88 bits per heavy atom. The summed E-state index contributed by atoms with van der Waals surface area (Å²) in [4.78, 5) is 40.1. The van der Waals surface area contributed by atoms with Crippen molar-refractivity contribution in [3.05, 3.63) is 58.5 Å². The van der Waals surface area contributed by atoms with Crippen molar-refractivity contribution >= 4 is 17.6 Å². The summed E-state index contributed by atoms with van der Waals surface area (Å²) in [6.07, 6.45) is 0.969. The van der Waals surface area contributed by atoms with Gasteiger partial charge in [-0.05, 0) is 36.5 Å². The van der Waals surface area contributed by atoms with Gasteiger partial charge >= 0.3 is 6.03 Å². The molecule has 1 aromatic carbocycles. The first kappa shape index (κ1) is 21.9. The molecule has 32 heavy (non-hydrogen) atoms. The molecule has 3 heterocycles. The maximum atomic E-state index is 13.1. The summed E-state index contributed by atoms with van der Waals surface area (Å²) >= 11 is 0. The minimum Gasteiger partial charge on any atom is -0.497 e. The molecule has 0 aliphatic carbocycles. The fourth-order valence-electron chi connectivity index (χ4n) is 4.74. The van der Waals surface area contributed by atoms with Gasteiger partial charge in [0.15, 0.2) is 0 Å². The molecule has 3 atom stereocenters. The molecule has 0 radical (unpaired) electrons. The van der Waals surface area contributed by atoms with Crippen LogP contribution in [0.2, 0.25) is 0 Å². The van der Waals surface area contributed by atoms with Gasteiger partial charge < -0.3 is 24.8 Å². The van der Waals surface area contributed by atoms with Crippen LogP contribution in [0.25, 0.3) is 0 Å². The molecule has 8 heteroatoms. The van der Waals surface area contributed by atoms with E-state index in [1.807, 2.05) is 24.5 Å². The lowest BCUT2D eigenvalue weighted by Gasteiger charge is -2.43. The van der Waals surface area contributed by atoms with Crippen molar-refractivity contribution in [2.24, 2.45) is 11.8 Å². The summed E-state index contributed by atoms with van der Waals surface area (Å²) in [5, 5.41) is 5.81. The van der Waals surface area contributed by atoms with Gasteiger partial charge in [-0.2, -0.15) is 0 Å². The van der Waals surface area contributed by atoms with E-state index in [1.165, 1.54) is 0 Å². The number of aromatic nitrogens is 1. The SMILES string of the molecule is COc1cccc(NC(=O)[C@@H](NC(=O)N2C[C@@H]3C[C@H](C2)c2cccc(=O)n2C3)C(C)C)c1. The number of ether oxygens (including phenoxy) is 1. The van der Waals surface area contributed by atoms with Crippen LogP contribution < -0.4 is 20.9 Å². The van der Waals surface area contributed by atoms with Crippen molar-refractivity contribution in [2.75, 3.05) is 25.5 Å². The Hall–Kier alpha value is -3.29. The third-order valence-corrected chi connectivity index (χ3v) is 6.33. The Bertz CT molecular complexity index is 1060. The second-order valence-corrected chi connectivity index (χ2v) is 9.00. The third kappa shape index (κ3) is 4.49. The van der Waals surface area contributed by atoms with Crippen LogP contribution in [0.4, 0.5) is 10.5 Å². The maximum absolute atomic E-state index is 13.1. The predicted molar refractivity (Wildman–Crippen MR) is 122 cm³/mol. The molecule has 2 N–H and O–H groups in total. The normalized spacial score (nSPS) is 20.3. The molecule has 2 bridgehead atoms. The number of carbonyl (C=O) groups excluding carboxylic acids is 2. The molecule has 8 nitrogen and oxygen atoms in total. The summed E-state index contributed by atoms with van der Waals surface area (Å²) in [7, 11) is 1.57. The molecular weight excluding hydrogens is 408 g/mol. The molecular formula is C24H30N4O4. The molecule has 2 aliphatic heterocycles. The van der Waals surface area contributed by atoms with E-state index in [4.69, 9.17) is 4.74 Å². The van der Waals surface area contributed by atoms with Crippen LogP contribution in [0.15, 0.2) is 47.3 Å². The quantitative estimate of drug-likeness (QED) is 0.751. The number of fused-ring (bicyclic) bond motifs is 4. The molecule has 0 spiro atoms. The van der Waals surface area contributed by atoms with Gasteiger partial charge in [0.05, 0.1) is 7.11 Å². The van der Waals surface area contributed by atoms with E-state index in [0.717, 1.165) is 12.1 Å². The summed E-state index contributed by atoms with van der Waals surface area (Å²) < 4.78 is 7.05. The van der Waals surface area contributed by atoms with Crippen molar-refractivity contribution in [3.8, 4) is 5.75 Å². The zero-order chi connectivity index (χ0) is 22.8. The smallest absolute Gasteiger partial charge is 0.318 e. The maximum Gasteiger partial charge on any atom is 0.318 e. The zero-order valence-corrected chi connectivity index (χ0v) is 18.7. The van der Waals surface area contributed by atoms with Gasteiger partial charge in [0.2, 0.25) is 5.91 Å². The largest absolute Gasteiger partial charge is 0.497 e. The standard InChI is InChI=1S/C24H30N4O4/c1-15(2)22(23(30)25-18-6-4-7-19(11-18)32-3)26-24(31)27-12-16-10-17(14-27)20-8-5-9-21(29)28(20)13-16/h4-9,11,15-17,22H,10,12-14H2,1-3H3,(H,25,30)(H,26,31)/t16-,17+,22-/m0/s1. The van der Waals surface area contributed by atoms with Crippen LogP contribution in [0.3, 0.4) is 0 Å². The molecule has 2 aliphatic rings. The predicted octanol–water partition coefficient (Wildman–Crippen LogP) is 2.65. The topological polar surface area (TPSA) is 92.7 Å². The van der Waals surface area contributed by atoms with E-state index >= 15 is 0 Å². The minimum absolute atomic E-state index is 0.0178. The van der Waals surface area contributed by atoms with Crippen molar-refractivity contribution in [1.82, 2.24) is 14.8 Å². The number of carbonyl (C=O) groups is 2. The first-order valence-corrected chi connectivity index (χ1v) is 11.1. The summed E-state index contributed by atoms with van der Waals surface area (Å²) in [6, 6.07) is 11.5. The third-order valence-electron chi connectivity index (χ3n) is 6.33. The second-order valence-electron chi connectivity index (χ2n) is 9.00. The first-order chi connectivity index (χ1) is 15.4. The number of benzene rings is 1. The molecule has 1 aromatic heterocycles. The van der Waals surface area contributed by atoms with Gasteiger partial charge in [-0.3, -0.25) is 9.59 Å². The van der Waals surface area contributed by atoms with Gasteiger partial charge in [0.1, 0.15) is 11.8 Å². The van der Waals surface area contributed by atoms with Crippen molar-refractivity contribution in [2.45, 2.75) is 38.8 Å². The summed E-state index contributed by atoms with van der Waals surface area (Å²) in [6.45, 7) is 5.55. The lowest BCUT2D eigenvalue weighted by molar-refractivity contribution is -0.118. The number of methoxy groups -OCH3 is 1. The fourth-order valence-corrected chi connectivity index (χ4v) is 4.74. The summed E-state index contributed by atoms with van der Waals surface area (Å²) in [5.41, 5.74) is 1.62. The first-order valence-electron chi connectivity index (χ1n) is 11.1. The van der Waals surface area contributed by atoms with Crippen LogP contribution in [-0.4, -0.2) is 47.6 Å². The number of pyridine rings is 1. The van der Waals surface area contributed by atoms with Gasteiger partial charge in [-0.25, -0.2) is 4.79 Å². The Balaban J connectivity index is 1.44. The van der Waals surface area contributed by atoms with Crippen molar-refractivity contribution in [1.29, 1.82) is 0 Å². The van der Waals surface area contributed by atoms with Crippen molar-refractivity contribution < 1.29 is 14.3 Å². The van der Waals surface area contributed by atoms with Gasteiger partial charge in [0.25, 0.3) is 5.56 Å². The molecule has 0 unspecified atom stereocenters. The Labute approximate surface area is 187 Å². The second kappa shape index (κ2) is 9.06. The fraction of sp³-hybridized carbons (Fsp3) is 0.458. The van der Waals surface area contributed by atoms with Crippen LogP contribution in [0.1, 0.15) is 31.9 Å². The van der Waals surface area contributed by atoms with Gasteiger partial charge in [-0.15, -0.1) is 0 Å². The van der Waals surface area contributed by atoms with Crippen molar-refractivity contribution in [3.63, 3.8) is 0 Å². The number of nitrogens with zero attached hydrogens (tertiary/aromatic N) is 2. The molecule has 1 fully saturated rings. The van der Waals surface area contributed by atoms with Gasteiger partial charge in [0, 0.05) is 49.1 Å². The average Bonchev–Trinajstić information content (AvgIpc) is 2.77. The molecule has 1 saturated heterocycles. The zero-order valence-electron chi connectivity index (χ0n) is 18.7. The van der Waals surface area contributed by atoms with E-state index in [9.17, 15) is 14.4 Å². The van der Waals surface area contributed by atoms with E-state index < -0.39 is 6.04 Å².